The van der Waals surface area contributed by atoms with Crippen LogP contribution >= 0.6 is 11.6 Å². The molecule has 7 heteroatoms. The average molecular weight is 316 g/mol. The molecule has 0 spiro atoms. The molecule has 0 aromatic carbocycles. The van der Waals surface area contributed by atoms with E-state index in [0.29, 0.717) is 22.5 Å². The summed E-state index contributed by atoms with van der Waals surface area (Å²) in [6.45, 7) is 1.93. The van der Waals surface area contributed by atoms with E-state index in [4.69, 9.17) is 11.6 Å². The second-order valence-electron chi connectivity index (χ2n) is 5.37. The molecular formula is C15H14ClN5O. The monoisotopic (exact) mass is 315 g/mol. The smallest absolute Gasteiger partial charge is 0.238 e. The summed E-state index contributed by atoms with van der Waals surface area (Å²) in [4.78, 5) is 17.9. The second-order valence-corrected chi connectivity index (χ2v) is 5.81. The maximum absolute atomic E-state index is 10.1. The Balaban J connectivity index is 1.70. The van der Waals surface area contributed by atoms with E-state index in [1.807, 2.05) is 12.1 Å². The third-order valence-electron chi connectivity index (χ3n) is 3.87. The number of imidazole rings is 1. The minimum absolute atomic E-state index is 0.00811. The number of pyridine rings is 1. The Morgan fingerprint density at radius 1 is 1.32 bits per heavy atom. The molecule has 1 fully saturated rings. The Kier molecular flexibility index (Phi) is 3.11. The van der Waals surface area contributed by atoms with Crippen molar-refractivity contribution < 1.29 is 5.11 Å². The van der Waals surface area contributed by atoms with Gasteiger partial charge in [0.1, 0.15) is 5.69 Å². The van der Waals surface area contributed by atoms with E-state index in [1.54, 1.807) is 12.4 Å². The number of hydrogen-bond acceptors (Lipinski definition) is 5. The molecule has 4 rings (SSSR count). The van der Waals surface area contributed by atoms with Gasteiger partial charge in [0, 0.05) is 36.6 Å². The minimum Gasteiger partial charge on any atom is -0.492 e. The molecule has 0 aliphatic carbocycles. The summed E-state index contributed by atoms with van der Waals surface area (Å²) in [6, 6.07) is 1.82. The summed E-state index contributed by atoms with van der Waals surface area (Å²) in [5, 5.41) is 10.6. The Bertz CT molecular complexity index is 789. The maximum Gasteiger partial charge on any atom is 0.238 e. The van der Waals surface area contributed by atoms with Crippen LogP contribution in [0.25, 0.3) is 11.6 Å². The number of nitrogens with one attached hydrogen (secondary N) is 1. The van der Waals surface area contributed by atoms with Crippen LogP contribution in [0.2, 0.25) is 5.02 Å². The molecule has 2 aromatic rings. The van der Waals surface area contributed by atoms with Crippen molar-refractivity contribution in [2.75, 3.05) is 18.0 Å². The number of nitrogens with zero attached hydrogens (tertiary/aromatic N) is 4. The first kappa shape index (κ1) is 13.3. The lowest BCUT2D eigenvalue weighted by Crippen LogP contribution is -2.18. The van der Waals surface area contributed by atoms with E-state index in [0.717, 1.165) is 37.1 Å². The van der Waals surface area contributed by atoms with Crippen molar-refractivity contribution in [1.29, 1.82) is 0 Å². The number of halogens is 1. The van der Waals surface area contributed by atoms with Gasteiger partial charge in [0.25, 0.3) is 0 Å². The van der Waals surface area contributed by atoms with Crippen LogP contribution in [0.5, 0.6) is 5.88 Å². The first-order chi connectivity index (χ1) is 10.7. The molecule has 2 aliphatic rings. The van der Waals surface area contributed by atoms with E-state index in [9.17, 15) is 5.11 Å². The fraction of sp³-hybridized carbons (Fsp3) is 0.267. The molecule has 1 saturated heterocycles. The van der Waals surface area contributed by atoms with Crippen LogP contribution in [0.1, 0.15) is 24.1 Å². The highest BCUT2D eigenvalue weighted by atomic mass is 35.5. The Morgan fingerprint density at radius 2 is 2.14 bits per heavy atom. The fourth-order valence-corrected chi connectivity index (χ4v) is 2.92. The molecule has 6 nitrogen and oxygen atoms in total. The number of H-pyrrole nitrogens is 1. The number of aromatic nitrogens is 3. The van der Waals surface area contributed by atoms with Crippen LogP contribution < -0.4 is 4.90 Å². The summed E-state index contributed by atoms with van der Waals surface area (Å²) in [6.07, 6.45) is 7.41. The predicted octanol–water partition coefficient (Wildman–Crippen LogP) is 3.02. The molecule has 0 atom stereocenters. The van der Waals surface area contributed by atoms with Gasteiger partial charge in [-0.3, -0.25) is 0 Å². The Hall–Kier alpha value is -2.34. The second kappa shape index (κ2) is 5.14. The van der Waals surface area contributed by atoms with Crippen molar-refractivity contribution in [3.8, 4) is 5.88 Å². The molecule has 0 saturated carbocycles. The van der Waals surface area contributed by atoms with E-state index in [1.165, 1.54) is 0 Å². The number of hydrogen-bond donors (Lipinski definition) is 2. The molecule has 0 amide bonds. The van der Waals surface area contributed by atoms with Gasteiger partial charge < -0.3 is 15.0 Å². The van der Waals surface area contributed by atoms with Gasteiger partial charge in [0.2, 0.25) is 11.8 Å². The lowest BCUT2D eigenvalue weighted by atomic mass is 10.1. The van der Waals surface area contributed by atoms with Gasteiger partial charge in [-0.25, -0.2) is 9.98 Å². The van der Waals surface area contributed by atoms with Crippen molar-refractivity contribution in [1.82, 2.24) is 15.0 Å². The van der Waals surface area contributed by atoms with E-state index >= 15 is 0 Å². The maximum atomic E-state index is 10.1. The van der Waals surface area contributed by atoms with Gasteiger partial charge in [-0.1, -0.05) is 11.6 Å². The molecule has 112 valence electrons. The highest BCUT2D eigenvalue weighted by Gasteiger charge is 2.19. The van der Waals surface area contributed by atoms with Crippen LogP contribution in [-0.2, 0) is 0 Å². The summed E-state index contributed by atoms with van der Waals surface area (Å²) in [5.41, 5.74) is 2.26. The molecule has 2 aromatic heterocycles. The van der Waals surface area contributed by atoms with Crippen LogP contribution in [-0.4, -0.2) is 39.4 Å². The zero-order valence-corrected chi connectivity index (χ0v) is 12.5. The topological polar surface area (TPSA) is 77.4 Å². The number of aromatic amines is 1. The van der Waals surface area contributed by atoms with Crippen molar-refractivity contribution in [3.05, 3.63) is 28.5 Å². The Labute approximate surface area is 132 Å². The van der Waals surface area contributed by atoms with Gasteiger partial charge in [-0.05, 0) is 25.0 Å². The quantitative estimate of drug-likeness (QED) is 0.893. The highest BCUT2D eigenvalue weighted by Crippen LogP contribution is 2.34. The molecule has 0 unspecified atom stereocenters. The average Bonchev–Trinajstić information content (AvgIpc) is 3.21. The molecule has 22 heavy (non-hydrogen) atoms. The van der Waals surface area contributed by atoms with E-state index in [-0.39, 0.29) is 5.88 Å². The van der Waals surface area contributed by atoms with Gasteiger partial charge in [0.15, 0.2) is 5.82 Å². The number of rotatable bonds is 2. The SMILES string of the molecule is Oc1nc(N2CCCC2)[nH]c1/C=C1/C=Nc2ncc(Cl)cc21. The number of anilines is 1. The lowest BCUT2D eigenvalue weighted by Gasteiger charge is -2.12. The Morgan fingerprint density at radius 3 is 2.95 bits per heavy atom. The molecule has 2 aliphatic heterocycles. The largest absolute Gasteiger partial charge is 0.492 e. The van der Waals surface area contributed by atoms with E-state index in [2.05, 4.69) is 24.8 Å². The first-order valence-electron chi connectivity index (χ1n) is 7.16. The molecule has 2 N–H and O–H groups in total. The summed E-state index contributed by atoms with van der Waals surface area (Å²) >= 11 is 5.99. The normalized spacial score (nSPS) is 18.4. The van der Waals surface area contributed by atoms with Crippen LogP contribution in [0.15, 0.2) is 17.3 Å². The number of allylic oxidation sites excluding steroid dienone is 1. The summed E-state index contributed by atoms with van der Waals surface area (Å²) in [7, 11) is 0. The van der Waals surface area contributed by atoms with E-state index < -0.39 is 0 Å². The molecular weight excluding hydrogens is 302 g/mol. The third kappa shape index (κ3) is 2.25. The number of aliphatic imine (C=N–C) groups is 1. The van der Waals surface area contributed by atoms with Gasteiger partial charge in [-0.2, -0.15) is 4.98 Å². The third-order valence-corrected chi connectivity index (χ3v) is 4.08. The minimum atomic E-state index is -0.00811. The molecule has 0 radical (unpaired) electrons. The highest BCUT2D eigenvalue weighted by molar-refractivity contribution is 6.31. The van der Waals surface area contributed by atoms with Crippen molar-refractivity contribution in [3.63, 3.8) is 0 Å². The molecule has 4 heterocycles. The van der Waals surface area contributed by atoms with Crippen molar-refractivity contribution >= 4 is 41.2 Å². The number of fused-ring (bicyclic) bond motifs is 1. The lowest BCUT2D eigenvalue weighted by molar-refractivity contribution is 0.455. The summed E-state index contributed by atoms with van der Waals surface area (Å²) in [5.74, 6) is 1.34. The standard InChI is InChI=1S/C15H14ClN5O/c16-10-6-11-9(7-17-13(11)18-8-10)5-12-14(22)20-15(19-12)21-3-1-2-4-21/h5-8,22H,1-4H2,(H,19,20)/b9-5-. The number of aromatic hydroxyl groups is 1. The van der Waals surface area contributed by atoms with Gasteiger partial charge in [-0.15, -0.1) is 0 Å². The van der Waals surface area contributed by atoms with Crippen LogP contribution in [0.3, 0.4) is 0 Å². The molecule has 0 bridgehead atoms. The van der Waals surface area contributed by atoms with Crippen LogP contribution in [0, 0.1) is 0 Å². The zero-order valence-electron chi connectivity index (χ0n) is 11.8. The predicted molar refractivity (Wildman–Crippen MR) is 87.0 cm³/mol. The zero-order chi connectivity index (χ0) is 15.1. The van der Waals surface area contributed by atoms with Crippen molar-refractivity contribution in [2.24, 2.45) is 4.99 Å². The first-order valence-corrected chi connectivity index (χ1v) is 7.54. The fourth-order valence-electron chi connectivity index (χ4n) is 2.76. The summed E-state index contributed by atoms with van der Waals surface area (Å²) < 4.78 is 0. The van der Waals surface area contributed by atoms with Gasteiger partial charge in [0.05, 0.1) is 5.02 Å². The van der Waals surface area contributed by atoms with Crippen molar-refractivity contribution in [2.45, 2.75) is 12.8 Å². The van der Waals surface area contributed by atoms with Gasteiger partial charge >= 0.3 is 0 Å². The van der Waals surface area contributed by atoms with Crippen LogP contribution in [0.4, 0.5) is 11.8 Å².